The molecule has 0 aliphatic carbocycles. The van der Waals surface area contributed by atoms with Gasteiger partial charge in [-0.1, -0.05) is 23.3 Å². The van der Waals surface area contributed by atoms with Crippen molar-refractivity contribution in [1.29, 1.82) is 0 Å². The average Bonchev–Trinajstić information content (AvgIpc) is 2.71. The van der Waals surface area contributed by atoms with E-state index in [4.69, 9.17) is 9.15 Å². The topological polar surface area (TPSA) is 100 Å². The number of hydrogen-bond acceptors (Lipinski definition) is 6. The predicted molar refractivity (Wildman–Crippen MR) is 126 cm³/mol. The Morgan fingerprint density at radius 2 is 1.56 bits per heavy atom. The van der Waals surface area contributed by atoms with Crippen LogP contribution in [0.5, 0.6) is 23.0 Å². The van der Waals surface area contributed by atoms with Gasteiger partial charge in [-0.15, -0.1) is 0 Å². The molecule has 0 saturated carbocycles. The van der Waals surface area contributed by atoms with Crippen LogP contribution >= 0.6 is 0 Å². The first kappa shape index (κ1) is 23.0. The number of hydrogen-bond donors (Lipinski definition) is 3. The number of benzene rings is 2. The number of methoxy groups -OCH3 is 1. The summed E-state index contributed by atoms with van der Waals surface area (Å²) in [7, 11) is 1.45. The van der Waals surface area contributed by atoms with Crippen LogP contribution in [-0.2, 0) is 12.8 Å². The van der Waals surface area contributed by atoms with Crippen LogP contribution in [0.4, 0.5) is 0 Å². The summed E-state index contributed by atoms with van der Waals surface area (Å²) >= 11 is 0. The lowest BCUT2D eigenvalue weighted by Crippen LogP contribution is -2.13. The molecule has 0 spiro atoms. The van der Waals surface area contributed by atoms with Crippen LogP contribution in [0.25, 0.3) is 22.3 Å². The third-order valence-electron chi connectivity index (χ3n) is 5.17. The fourth-order valence-corrected chi connectivity index (χ4v) is 3.53. The first-order chi connectivity index (χ1) is 15.1. The zero-order chi connectivity index (χ0) is 23.6. The summed E-state index contributed by atoms with van der Waals surface area (Å²) in [6.45, 7) is 7.76. The van der Waals surface area contributed by atoms with Crippen LogP contribution in [0.3, 0.4) is 0 Å². The molecule has 1 aromatic heterocycles. The maximum atomic E-state index is 13.7. The van der Waals surface area contributed by atoms with Gasteiger partial charge in [0.1, 0.15) is 39.7 Å². The van der Waals surface area contributed by atoms with Gasteiger partial charge in [-0.05, 0) is 52.7 Å². The van der Waals surface area contributed by atoms with Gasteiger partial charge in [-0.25, -0.2) is 0 Å². The van der Waals surface area contributed by atoms with Crippen LogP contribution in [0.15, 0.2) is 56.8 Å². The Bertz CT molecular complexity index is 1290. The van der Waals surface area contributed by atoms with Crippen LogP contribution in [-0.4, -0.2) is 22.4 Å². The second-order valence-electron chi connectivity index (χ2n) is 8.19. The zero-order valence-corrected chi connectivity index (χ0v) is 18.9. The number of aromatic hydroxyl groups is 3. The largest absolute Gasteiger partial charge is 0.508 e. The number of phenols is 3. The molecule has 0 aliphatic rings. The molecular weight excluding hydrogens is 408 g/mol. The van der Waals surface area contributed by atoms with Crippen molar-refractivity contribution in [2.75, 3.05) is 7.11 Å². The maximum Gasteiger partial charge on any atom is 0.200 e. The van der Waals surface area contributed by atoms with E-state index in [0.717, 1.165) is 11.1 Å². The lowest BCUT2D eigenvalue weighted by atomic mass is 9.98. The van der Waals surface area contributed by atoms with E-state index >= 15 is 0 Å². The van der Waals surface area contributed by atoms with E-state index in [1.807, 2.05) is 39.8 Å². The Kier molecular flexibility index (Phi) is 6.63. The molecule has 0 aliphatic heterocycles. The van der Waals surface area contributed by atoms with Gasteiger partial charge in [0.05, 0.1) is 12.7 Å². The normalized spacial score (nSPS) is 10.8. The zero-order valence-electron chi connectivity index (χ0n) is 18.9. The molecular formula is C26H28O6. The van der Waals surface area contributed by atoms with Crippen LogP contribution in [0.1, 0.15) is 38.8 Å². The molecule has 0 unspecified atom stereocenters. The maximum absolute atomic E-state index is 13.7. The molecule has 3 aromatic rings. The molecule has 3 N–H and O–H groups in total. The molecule has 168 valence electrons. The van der Waals surface area contributed by atoms with Crippen molar-refractivity contribution < 1.29 is 24.5 Å². The Labute approximate surface area is 186 Å². The van der Waals surface area contributed by atoms with Gasteiger partial charge in [0.25, 0.3) is 0 Å². The third-order valence-corrected chi connectivity index (χ3v) is 5.17. The Morgan fingerprint density at radius 3 is 2.12 bits per heavy atom. The average molecular weight is 437 g/mol. The van der Waals surface area contributed by atoms with Crippen molar-refractivity contribution in [1.82, 2.24) is 0 Å². The van der Waals surface area contributed by atoms with Crippen molar-refractivity contribution in [3.05, 3.63) is 68.9 Å². The molecule has 0 fully saturated rings. The minimum Gasteiger partial charge on any atom is -0.508 e. The van der Waals surface area contributed by atoms with Gasteiger partial charge in [-0.3, -0.25) is 4.79 Å². The SMILES string of the molecule is COc1c(CC=C(C)C)c(O)cc2oc(-c3ccc(O)cc3O)c(CC=C(C)C)c(=O)c12. The van der Waals surface area contributed by atoms with Crippen molar-refractivity contribution in [3.8, 4) is 34.3 Å². The fraction of sp³-hybridized carbons (Fsp3) is 0.269. The van der Waals surface area contributed by atoms with E-state index < -0.39 is 0 Å². The lowest BCUT2D eigenvalue weighted by Gasteiger charge is -2.15. The van der Waals surface area contributed by atoms with Gasteiger partial charge in [0, 0.05) is 23.3 Å². The second-order valence-corrected chi connectivity index (χ2v) is 8.19. The highest BCUT2D eigenvalue weighted by Crippen LogP contribution is 2.40. The molecule has 2 aromatic carbocycles. The van der Waals surface area contributed by atoms with Gasteiger partial charge in [0.15, 0.2) is 0 Å². The first-order valence-electron chi connectivity index (χ1n) is 10.3. The van der Waals surface area contributed by atoms with E-state index in [0.29, 0.717) is 17.5 Å². The molecule has 0 atom stereocenters. The monoisotopic (exact) mass is 436 g/mol. The Balaban J connectivity index is 2.42. The molecule has 32 heavy (non-hydrogen) atoms. The third kappa shape index (κ3) is 4.49. The van der Waals surface area contributed by atoms with Crippen molar-refractivity contribution in [2.45, 2.75) is 40.5 Å². The van der Waals surface area contributed by atoms with E-state index in [2.05, 4.69) is 0 Å². The smallest absolute Gasteiger partial charge is 0.200 e. The number of fused-ring (bicyclic) bond motifs is 1. The minimum absolute atomic E-state index is 0.0482. The number of phenolic OH excluding ortho intramolecular Hbond substituents is 3. The Morgan fingerprint density at radius 1 is 0.938 bits per heavy atom. The summed E-state index contributed by atoms with van der Waals surface area (Å²) in [5, 5.41) is 31.0. The summed E-state index contributed by atoms with van der Waals surface area (Å²) in [5.74, 6) is 0.0703. The highest BCUT2D eigenvalue weighted by atomic mass is 16.5. The molecule has 0 bridgehead atoms. The van der Waals surface area contributed by atoms with Crippen molar-refractivity contribution in [2.24, 2.45) is 0 Å². The van der Waals surface area contributed by atoms with E-state index in [1.165, 1.54) is 31.4 Å². The number of ether oxygens (including phenoxy) is 1. The quantitative estimate of drug-likeness (QED) is 0.435. The van der Waals surface area contributed by atoms with Gasteiger partial charge in [-0.2, -0.15) is 0 Å². The summed E-state index contributed by atoms with van der Waals surface area (Å²) in [6.07, 6.45) is 4.52. The fourth-order valence-electron chi connectivity index (χ4n) is 3.53. The highest BCUT2D eigenvalue weighted by molar-refractivity contribution is 5.90. The molecule has 0 radical (unpaired) electrons. The first-order valence-corrected chi connectivity index (χ1v) is 10.3. The van der Waals surface area contributed by atoms with Crippen molar-refractivity contribution in [3.63, 3.8) is 0 Å². The summed E-state index contributed by atoms with van der Waals surface area (Å²) in [6, 6.07) is 5.48. The predicted octanol–water partition coefficient (Wildman–Crippen LogP) is 5.60. The molecule has 1 heterocycles. The number of allylic oxidation sites excluding steroid dienone is 4. The van der Waals surface area contributed by atoms with Gasteiger partial charge >= 0.3 is 0 Å². The summed E-state index contributed by atoms with van der Waals surface area (Å²) in [5.41, 5.74) is 3.05. The van der Waals surface area contributed by atoms with Crippen LogP contribution in [0.2, 0.25) is 0 Å². The van der Waals surface area contributed by atoms with Crippen molar-refractivity contribution >= 4 is 11.0 Å². The molecule has 6 heteroatoms. The molecule has 0 saturated heterocycles. The van der Waals surface area contributed by atoms with E-state index in [-0.39, 0.29) is 57.1 Å². The lowest BCUT2D eigenvalue weighted by molar-refractivity contribution is 0.404. The van der Waals surface area contributed by atoms with Gasteiger partial charge < -0.3 is 24.5 Å². The molecule has 3 rings (SSSR count). The van der Waals surface area contributed by atoms with Crippen LogP contribution < -0.4 is 10.2 Å². The standard InChI is InChI=1S/C26H28O6/c1-14(2)6-9-18-21(29)13-22-23(26(18)31-5)24(30)19(10-7-15(3)4)25(32-22)17-11-8-16(27)12-20(17)28/h6-8,11-13,27-29H,9-10H2,1-5H3. The van der Waals surface area contributed by atoms with E-state index in [1.54, 1.807) is 0 Å². The highest BCUT2D eigenvalue weighted by Gasteiger charge is 2.23. The summed E-state index contributed by atoms with van der Waals surface area (Å²) < 4.78 is 11.7. The summed E-state index contributed by atoms with van der Waals surface area (Å²) in [4.78, 5) is 13.7. The number of rotatable bonds is 6. The Hall–Kier alpha value is -3.67. The van der Waals surface area contributed by atoms with Gasteiger partial charge in [0.2, 0.25) is 5.43 Å². The van der Waals surface area contributed by atoms with E-state index in [9.17, 15) is 20.1 Å². The molecule has 0 amide bonds. The molecule has 6 nitrogen and oxygen atoms in total. The second kappa shape index (κ2) is 9.22. The minimum atomic E-state index is -0.304. The van der Waals surface area contributed by atoms with Crippen LogP contribution in [0, 0.1) is 0 Å².